The number of rotatable bonds is 6. The zero-order valence-corrected chi connectivity index (χ0v) is 23.0. The number of esters is 3. The van der Waals surface area contributed by atoms with Gasteiger partial charge < -0.3 is 19.3 Å². The molecule has 0 amide bonds. The van der Waals surface area contributed by atoms with Gasteiger partial charge in [-0.1, -0.05) is 20.8 Å². The lowest BCUT2D eigenvalue weighted by atomic mass is 9.43. The number of aliphatic hydroxyl groups is 1. The molecule has 0 bridgehead atoms. The van der Waals surface area contributed by atoms with Crippen LogP contribution in [0.1, 0.15) is 92.4 Å². The van der Waals surface area contributed by atoms with Crippen molar-refractivity contribution in [2.75, 3.05) is 7.11 Å². The van der Waals surface area contributed by atoms with E-state index < -0.39 is 12.2 Å². The summed E-state index contributed by atoms with van der Waals surface area (Å²) in [5, 5.41) is 11.8. The van der Waals surface area contributed by atoms with E-state index in [2.05, 4.69) is 20.8 Å². The maximum Gasteiger partial charge on any atom is 0.305 e. The van der Waals surface area contributed by atoms with E-state index in [0.29, 0.717) is 36.5 Å². The van der Waals surface area contributed by atoms with Crippen molar-refractivity contribution in [3.05, 3.63) is 0 Å². The van der Waals surface area contributed by atoms with Crippen molar-refractivity contribution in [3.63, 3.8) is 0 Å². The zero-order valence-electron chi connectivity index (χ0n) is 23.0. The molecule has 204 valence electrons. The first-order valence-corrected chi connectivity index (χ1v) is 14.0. The first kappa shape index (κ1) is 27.4. The van der Waals surface area contributed by atoms with Crippen molar-refractivity contribution in [2.45, 2.75) is 111 Å². The van der Waals surface area contributed by atoms with Crippen LogP contribution >= 0.6 is 0 Å². The van der Waals surface area contributed by atoms with E-state index in [-0.39, 0.29) is 46.7 Å². The highest BCUT2D eigenvalue weighted by Gasteiger charge is 2.66. The average Bonchev–Trinajstić information content (AvgIpc) is 3.17. The molecule has 4 saturated carbocycles. The molecule has 0 aliphatic heterocycles. The van der Waals surface area contributed by atoms with Crippen LogP contribution in [0.3, 0.4) is 0 Å². The standard InChI is InChI=1S/C29H46O7/c1-16(7-10-24(32)34-6)20-8-9-21-25-22(12-14-28(20,21)4)29(5)13-11-19(35-17(2)30)15-23(29)26(33)27(25)36-18(3)31/h16,19-23,25-27,33H,7-15H2,1-6H3/t16-,19-,20-,21+,22+,23+,25+,26-,27+,28-,29-/m1/s1. The van der Waals surface area contributed by atoms with Crippen LogP contribution in [0.4, 0.5) is 0 Å². The number of fused-ring (bicyclic) bond motifs is 5. The van der Waals surface area contributed by atoms with Gasteiger partial charge in [0.25, 0.3) is 0 Å². The Morgan fingerprint density at radius 3 is 2.19 bits per heavy atom. The minimum Gasteiger partial charge on any atom is -0.469 e. The summed E-state index contributed by atoms with van der Waals surface area (Å²) in [6.45, 7) is 9.87. The fourth-order valence-corrected chi connectivity index (χ4v) is 9.50. The number of carbonyl (C=O) groups is 3. The lowest BCUT2D eigenvalue weighted by Crippen LogP contribution is -2.65. The minimum absolute atomic E-state index is 0.0678. The van der Waals surface area contributed by atoms with Crippen LogP contribution in [-0.4, -0.2) is 48.4 Å². The number of carbonyl (C=O) groups excluding carboxylic acids is 3. The van der Waals surface area contributed by atoms with Crippen molar-refractivity contribution in [1.29, 1.82) is 0 Å². The van der Waals surface area contributed by atoms with Gasteiger partial charge in [-0.3, -0.25) is 14.4 Å². The molecule has 0 aromatic rings. The Labute approximate surface area is 216 Å². The van der Waals surface area contributed by atoms with Crippen LogP contribution in [0.2, 0.25) is 0 Å². The van der Waals surface area contributed by atoms with Crippen molar-refractivity contribution in [2.24, 2.45) is 46.3 Å². The Kier molecular flexibility index (Phi) is 7.81. The molecule has 0 aromatic heterocycles. The fraction of sp³-hybridized carbons (Fsp3) is 0.897. The fourth-order valence-electron chi connectivity index (χ4n) is 9.50. The van der Waals surface area contributed by atoms with E-state index in [9.17, 15) is 19.5 Å². The predicted octanol–water partition coefficient (Wildman–Crippen LogP) is 4.68. The summed E-state index contributed by atoms with van der Waals surface area (Å²) in [7, 11) is 1.44. The monoisotopic (exact) mass is 506 g/mol. The smallest absolute Gasteiger partial charge is 0.305 e. The molecule has 36 heavy (non-hydrogen) atoms. The number of aliphatic hydroxyl groups excluding tert-OH is 1. The normalized spacial score (nSPS) is 44.4. The average molecular weight is 507 g/mol. The molecule has 4 aliphatic rings. The van der Waals surface area contributed by atoms with Crippen LogP contribution in [0.5, 0.6) is 0 Å². The molecule has 0 heterocycles. The first-order valence-electron chi connectivity index (χ1n) is 14.0. The summed E-state index contributed by atoms with van der Waals surface area (Å²) in [6, 6.07) is 0. The van der Waals surface area contributed by atoms with Crippen molar-refractivity contribution in [3.8, 4) is 0 Å². The number of hydrogen-bond acceptors (Lipinski definition) is 7. The summed E-state index contributed by atoms with van der Waals surface area (Å²) >= 11 is 0. The van der Waals surface area contributed by atoms with Crippen LogP contribution in [0.15, 0.2) is 0 Å². The topological polar surface area (TPSA) is 99.1 Å². The quantitative estimate of drug-likeness (QED) is 0.412. The van der Waals surface area contributed by atoms with Gasteiger partial charge in [-0.2, -0.15) is 0 Å². The van der Waals surface area contributed by atoms with Crippen LogP contribution in [-0.2, 0) is 28.6 Å². The summed E-state index contributed by atoms with van der Waals surface area (Å²) in [4.78, 5) is 35.7. The SMILES string of the molecule is COC(=O)CC[C@@H](C)[C@H]1CC[C@H]2[C@@H]3[C@H](OC(C)=O)[C@H](O)[C@@H]4C[C@H](OC(C)=O)CC[C@]4(C)[C@H]3CC[C@]12C. The van der Waals surface area contributed by atoms with Crippen molar-refractivity contribution >= 4 is 17.9 Å². The van der Waals surface area contributed by atoms with Gasteiger partial charge in [0, 0.05) is 26.2 Å². The second-order valence-corrected chi connectivity index (χ2v) is 12.8. The third-order valence-corrected chi connectivity index (χ3v) is 11.1. The highest BCUT2D eigenvalue weighted by atomic mass is 16.6. The molecule has 0 spiro atoms. The molecule has 4 rings (SSSR count). The molecular formula is C29H46O7. The molecule has 0 unspecified atom stereocenters. The largest absolute Gasteiger partial charge is 0.469 e. The van der Waals surface area contributed by atoms with Crippen LogP contribution < -0.4 is 0 Å². The van der Waals surface area contributed by atoms with Gasteiger partial charge in [0.05, 0.1) is 13.2 Å². The van der Waals surface area contributed by atoms with Crippen LogP contribution in [0, 0.1) is 46.3 Å². The minimum atomic E-state index is -0.767. The van der Waals surface area contributed by atoms with Gasteiger partial charge in [-0.25, -0.2) is 0 Å². The Morgan fingerprint density at radius 1 is 0.917 bits per heavy atom. The van der Waals surface area contributed by atoms with Crippen molar-refractivity contribution in [1.82, 2.24) is 0 Å². The second kappa shape index (κ2) is 10.3. The maximum absolute atomic E-state index is 12.3. The summed E-state index contributed by atoms with van der Waals surface area (Å²) in [5.74, 6) is 0.887. The lowest BCUT2D eigenvalue weighted by Gasteiger charge is -2.64. The molecular weight excluding hydrogens is 460 g/mol. The lowest BCUT2D eigenvalue weighted by molar-refractivity contribution is -0.235. The molecule has 4 aliphatic carbocycles. The predicted molar refractivity (Wildman–Crippen MR) is 134 cm³/mol. The van der Waals surface area contributed by atoms with Gasteiger partial charge in [0.15, 0.2) is 0 Å². The molecule has 0 radical (unpaired) electrons. The van der Waals surface area contributed by atoms with Gasteiger partial charge >= 0.3 is 17.9 Å². The Morgan fingerprint density at radius 2 is 1.56 bits per heavy atom. The maximum atomic E-state index is 12.3. The molecule has 1 N–H and O–H groups in total. The summed E-state index contributed by atoms with van der Waals surface area (Å²) < 4.78 is 16.4. The third kappa shape index (κ3) is 4.69. The molecule has 11 atom stereocenters. The highest BCUT2D eigenvalue weighted by Crippen LogP contribution is 2.68. The second-order valence-electron chi connectivity index (χ2n) is 12.8. The zero-order chi connectivity index (χ0) is 26.4. The number of methoxy groups -OCH3 is 1. The third-order valence-electron chi connectivity index (χ3n) is 11.1. The Bertz CT molecular complexity index is 857. The van der Waals surface area contributed by atoms with Crippen LogP contribution in [0.25, 0.3) is 0 Å². The van der Waals surface area contributed by atoms with Crippen molar-refractivity contribution < 1.29 is 33.7 Å². The van der Waals surface area contributed by atoms with E-state index in [0.717, 1.165) is 44.9 Å². The number of ether oxygens (including phenoxy) is 3. The summed E-state index contributed by atoms with van der Waals surface area (Å²) in [5.41, 5.74) is 0.0141. The molecule has 7 heteroatoms. The first-order chi connectivity index (χ1) is 16.9. The van der Waals surface area contributed by atoms with E-state index in [4.69, 9.17) is 14.2 Å². The van der Waals surface area contributed by atoms with Gasteiger partial charge in [0.2, 0.25) is 0 Å². The van der Waals surface area contributed by atoms with Gasteiger partial charge in [-0.05, 0) is 91.8 Å². The highest BCUT2D eigenvalue weighted by molar-refractivity contribution is 5.69. The molecule has 0 aromatic carbocycles. The van der Waals surface area contributed by atoms with E-state index in [1.54, 1.807) is 0 Å². The van der Waals surface area contributed by atoms with Gasteiger partial charge in [0.1, 0.15) is 12.2 Å². The Balaban J connectivity index is 1.62. The molecule has 0 saturated heterocycles. The van der Waals surface area contributed by atoms with E-state index in [1.165, 1.54) is 21.0 Å². The Hall–Kier alpha value is -1.63. The van der Waals surface area contributed by atoms with E-state index >= 15 is 0 Å². The molecule has 7 nitrogen and oxygen atoms in total. The van der Waals surface area contributed by atoms with Gasteiger partial charge in [-0.15, -0.1) is 0 Å². The van der Waals surface area contributed by atoms with E-state index in [1.807, 2.05) is 0 Å². The molecule has 4 fully saturated rings. The number of hydrogen-bond donors (Lipinski definition) is 1. The summed E-state index contributed by atoms with van der Waals surface area (Å²) in [6.07, 6.45) is 6.44.